The first-order chi connectivity index (χ1) is 12.5. The lowest BCUT2D eigenvalue weighted by Gasteiger charge is -2.38. The van der Waals surface area contributed by atoms with Gasteiger partial charge in [-0.05, 0) is 43.2 Å². The van der Waals surface area contributed by atoms with Crippen LogP contribution in [0, 0.1) is 17.8 Å². The lowest BCUT2D eigenvalue weighted by atomic mass is 9.84. The fourth-order valence-electron chi connectivity index (χ4n) is 4.88. The molecule has 4 unspecified atom stereocenters. The Morgan fingerprint density at radius 2 is 1.63 bits per heavy atom. The smallest absolute Gasteiger partial charge is 0.255 e. The molecule has 4 rings (SSSR count). The lowest BCUT2D eigenvalue weighted by Crippen LogP contribution is -2.54. The molecule has 0 radical (unpaired) electrons. The summed E-state index contributed by atoms with van der Waals surface area (Å²) >= 11 is 12.2. The van der Waals surface area contributed by atoms with E-state index in [1.165, 1.54) is 0 Å². The lowest BCUT2D eigenvalue weighted by molar-refractivity contribution is -0.139. The number of carbonyl (C=O) groups excluding carboxylic acids is 2. The second kappa shape index (κ2) is 8.16. The van der Waals surface area contributed by atoms with Crippen molar-refractivity contribution in [1.82, 2.24) is 9.80 Å². The number of nitrogens with zero attached hydrogens (tertiary/aromatic N) is 2. The highest BCUT2D eigenvalue weighted by Crippen LogP contribution is 2.48. The van der Waals surface area contributed by atoms with Crippen molar-refractivity contribution in [3.63, 3.8) is 0 Å². The Labute approximate surface area is 175 Å². The van der Waals surface area contributed by atoms with E-state index in [-0.39, 0.29) is 41.2 Å². The van der Waals surface area contributed by atoms with Gasteiger partial charge in [-0.15, -0.1) is 12.4 Å². The molecule has 4 atom stereocenters. The molecule has 27 heavy (non-hydrogen) atoms. The Kier molecular flexibility index (Phi) is 6.26. The number of carbonyl (C=O) groups is 2. The molecule has 2 N–H and O–H groups in total. The largest absolute Gasteiger partial charge is 0.339 e. The predicted octanol–water partition coefficient (Wildman–Crippen LogP) is 3.07. The molecule has 1 aromatic carbocycles. The number of rotatable bonds is 2. The van der Waals surface area contributed by atoms with Crippen LogP contribution in [0.15, 0.2) is 18.2 Å². The minimum atomic E-state index is -0.138. The average molecular weight is 433 g/mol. The van der Waals surface area contributed by atoms with E-state index in [0.29, 0.717) is 48.6 Å². The zero-order valence-electron chi connectivity index (χ0n) is 14.9. The van der Waals surface area contributed by atoms with Crippen molar-refractivity contribution in [3.05, 3.63) is 33.8 Å². The Morgan fingerprint density at radius 3 is 2.26 bits per heavy atom. The molecule has 2 saturated carbocycles. The average Bonchev–Trinajstić information content (AvgIpc) is 3.24. The van der Waals surface area contributed by atoms with E-state index >= 15 is 0 Å². The molecule has 3 aliphatic rings. The molecule has 1 saturated heterocycles. The molecule has 5 nitrogen and oxygen atoms in total. The Morgan fingerprint density at radius 1 is 1.00 bits per heavy atom. The number of fused-ring (bicyclic) bond motifs is 2. The van der Waals surface area contributed by atoms with Crippen molar-refractivity contribution in [3.8, 4) is 0 Å². The summed E-state index contributed by atoms with van der Waals surface area (Å²) < 4.78 is 0. The van der Waals surface area contributed by atoms with Gasteiger partial charge in [-0.25, -0.2) is 0 Å². The topological polar surface area (TPSA) is 66.6 Å². The van der Waals surface area contributed by atoms with Crippen LogP contribution >= 0.6 is 35.6 Å². The van der Waals surface area contributed by atoms with Crippen LogP contribution in [-0.2, 0) is 4.79 Å². The molecule has 0 aromatic heterocycles. The highest BCUT2D eigenvalue weighted by molar-refractivity contribution is 6.43. The van der Waals surface area contributed by atoms with Crippen LogP contribution in [0.5, 0.6) is 0 Å². The zero-order chi connectivity index (χ0) is 18.4. The molecule has 2 amide bonds. The predicted molar refractivity (Wildman–Crippen MR) is 108 cm³/mol. The minimum absolute atomic E-state index is 0. The van der Waals surface area contributed by atoms with Crippen LogP contribution in [0.4, 0.5) is 0 Å². The number of nitrogens with two attached hydrogens (primary N) is 1. The van der Waals surface area contributed by atoms with Crippen molar-refractivity contribution >= 4 is 47.4 Å². The van der Waals surface area contributed by atoms with Crippen molar-refractivity contribution in [1.29, 1.82) is 0 Å². The normalized spacial score (nSPS) is 29.6. The monoisotopic (exact) mass is 431 g/mol. The van der Waals surface area contributed by atoms with E-state index in [2.05, 4.69) is 0 Å². The summed E-state index contributed by atoms with van der Waals surface area (Å²) in [5.41, 5.74) is 6.73. The van der Waals surface area contributed by atoms with Crippen LogP contribution in [0.1, 0.15) is 29.6 Å². The van der Waals surface area contributed by atoms with Gasteiger partial charge < -0.3 is 15.5 Å². The number of amides is 2. The van der Waals surface area contributed by atoms with Gasteiger partial charge in [0.05, 0.1) is 21.5 Å². The minimum Gasteiger partial charge on any atom is -0.339 e. The summed E-state index contributed by atoms with van der Waals surface area (Å²) in [7, 11) is 0. The Bertz CT molecular complexity index is 735. The first-order valence-electron chi connectivity index (χ1n) is 9.25. The summed E-state index contributed by atoms with van der Waals surface area (Å²) in [6.07, 6.45) is 3.39. The van der Waals surface area contributed by atoms with Gasteiger partial charge in [0, 0.05) is 32.2 Å². The third-order valence-electron chi connectivity index (χ3n) is 6.33. The fraction of sp³-hybridized carbons (Fsp3) is 0.579. The van der Waals surface area contributed by atoms with Crippen molar-refractivity contribution in [2.45, 2.75) is 25.3 Å². The van der Waals surface area contributed by atoms with Crippen LogP contribution < -0.4 is 5.73 Å². The third kappa shape index (κ3) is 3.67. The molecular weight excluding hydrogens is 409 g/mol. The summed E-state index contributed by atoms with van der Waals surface area (Å²) in [6, 6.07) is 5.07. The number of hydrogen-bond donors (Lipinski definition) is 1. The molecule has 0 spiro atoms. The molecule has 1 aromatic rings. The van der Waals surface area contributed by atoms with Gasteiger partial charge in [0.2, 0.25) is 5.91 Å². The van der Waals surface area contributed by atoms with E-state index in [9.17, 15) is 9.59 Å². The van der Waals surface area contributed by atoms with Gasteiger partial charge in [-0.2, -0.15) is 0 Å². The second-order valence-electron chi connectivity index (χ2n) is 7.66. The van der Waals surface area contributed by atoms with E-state index in [0.717, 1.165) is 19.3 Å². The van der Waals surface area contributed by atoms with E-state index < -0.39 is 0 Å². The molecule has 2 bridgehead atoms. The van der Waals surface area contributed by atoms with Crippen molar-refractivity contribution in [2.75, 3.05) is 26.2 Å². The molecular formula is C19H24Cl3N3O2. The van der Waals surface area contributed by atoms with Gasteiger partial charge >= 0.3 is 0 Å². The maximum atomic E-state index is 12.9. The van der Waals surface area contributed by atoms with Crippen LogP contribution in [-0.4, -0.2) is 53.8 Å². The molecule has 8 heteroatoms. The standard InChI is InChI=1S/C19H23Cl2N3O2.ClH/c20-14-3-1-2-13(16(14)21)18(25)23-6-8-24(9-7-23)19(26)15-11-4-5-12(10-11)17(15)22;/h1-3,11-12,15,17H,4-10,22H2;1H. The van der Waals surface area contributed by atoms with Gasteiger partial charge in [-0.3, -0.25) is 9.59 Å². The van der Waals surface area contributed by atoms with Crippen molar-refractivity contribution < 1.29 is 9.59 Å². The quantitative estimate of drug-likeness (QED) is 0.781. The number of hydrogen-bond acceptors (Lipinski definition) is 3. The van der Waals surface area contributed by atoms with E-state index in [1.54, 1.807) is 23.1 Å². The number of benzene rings is 1. The van der Waals surface area contributed by atoms with Crippen LogP contribution in [0.3, 0.4) is 0 Å². The first-order valence-corrected chi connectivity index (χ1v) is 10.0. The second-order valence-corrected chi connectivity index (χ2v) is 8.44. The molecule has 1 aliphatic heterocycles. The molecule has 148 valence electrons. The Balaban J connectivity index is 0.00000210. The third-order valence-corrected chi connectivity index (χ3v) is 7.15. The number of halogens is 3. The van der Waals surface area contributed by atoms with Crippen LogP contribution in [0.25, 0.3) is 0 Å². The highest BCUT2D eigenvalue weighted by Gasteiger charge is 2.50. The van der Waals surface area contributed by atoms with Gasteiger partial charge in [-0.1, -0.05) is 29.3 Å². The van der Waals surface area contributed by atoms with Crippen molar-refractivity contribution in [2.24, 2.45) is 23.5 Å². The summed E-state index contributed by atoms with van der Waals surface area (Å²) in [5, 5.41) is 0.655. The maximum Gasteiger partial charge on any atom is 0.255 e. The van der Waals surface area contributed by atoms with Gasteiger partial charge in [0.25, 0.3) is 5.91 Å². The molecule has 3 fully saturated rings. The van der Waals surface area contributed by atoms with Gasteiger partial charge in [0.1, 0.15) is 0 Å². The first kappa shape index (κ1) is 20.7. The fourth-order valence-corrected chi connectivity index (χ4v) is 5.26. The molecule has 1 heterocycles. The highest BCUT2D eigenvalue weighted by atomic mass is 35.5. The van der Waals surface area contributed by atoms with Crippen LogP contribution in [0.2, 0.25) is 10.0 Å². The summed E-state index contributed by atoms with van der Waals surface area (Å²) in [5.74, 6) is 0.978. The number of piperazine rings is 1. The molecule has 2 aliphatic carbocycles. The maximum absolute atomic E-state index is 12.9. The Hall–Kier alpha value is -1.01. The van der Waals surface area contributed by atoms with E-state index in [1.807, 2.05) is 4.90 Å². The zero-order valence-corrected chi connectivity index (χ0v) is 17.3. The SMILES string of the molecule is Cl.NC1C2CCC(C2)C1C(=O)N1CCN(C(=O)c2cccc(Cl)c2Cl)CC1. The summed E-state index contributed by atoms with van der Waals surface area (Å²) in [6.45, 7) is 2.10. The summed E-state index contributed by atoms with van der Waals surface area (Å²) in [4.78, 5) is 29.3. The van der Waals surface area contributed by atoms with Gasteiger partial charge in [0.15, 0.2) is 0 Å². The van der Waals surface area contributed by atoms with E-state index in [4.69, 9.17) is 28.9 Å².